The van der Waals surface area contributed by atoms with E-state index in [1.165, 1.54) is 11.6 Å². The summed E-state index contributed by atoms with van der Waals surface area (Å²) in [4.78, 5) is 8.95. The van der Waals surface area contributed by atoms with Gasteiger partial charge in [0.15, 0.2) is 0 Å². The molecule has 0 atom stereocenters. The van der Waals surface area contributed by atoms with Crippen LogP contribution in [0.2, 0.25) is 0 Å². The Labute approximate surface area is 152 Å². The number of hydrogen-bond donors (Lipinski definition) is 0. The molecule has 1 aliphatic heterocycles. The molecule has 0 spiro atoms. The van der Waals surface area contributed by atoms with Gasteiger partial charge < -0.3 is 4.57 Å². The molecule has 0 saturated heterocycles. The Bertz CT molecular complexity index is 954. The number of aliphatic imine (C=N–C) groups is 1. The van der Waals surface area contributed by atoms with Crippen LogP contribution in [0.5, 0.6) is 0 Å². The Kier molecular flexibility index (Phi) is 4.73. The van der Waals surface area contributed by atoms with Crippen LogP contribution in [0.1, 0.15) is 29.7 Å². The number of rotatable bonds is 4. The highest BCUT2D eigenvalue weighted by atomic mass is 19.1. The maximum absolute atomic E-state index is 14.0. The zero-order chi connectivity index (χ0) is 17.8. The summed E-state index contributed by atoms with van der Waals surface area (Å²) in [6, 6.07) is 15.0. The lowest BCUT2D eigenvalue weighted by atomic mass is 9.96. The predicted molar refractivity (Wildman–Crippen MR) is 103 cm³/mol. The minimum Gasteiger partial charge on any atom is -0.343 e. The minimum atomic E-state index is -0.171. The Morgan fingerprint density at radius 2 is 2.00 bits per heavy atom. The molecule has 0 N–H and O–H groups in total. The largest absolute Gasteiger partial charge is 0.343 e. The van der Waals surface area contributed by atoms with Crippen LogP contribution in [0.3, 0.4) is 0 Å². The monoisotopic (exact) mass is 345 g/mol. The van der Waals surface area contributed by atoms with E-state index in [1.54, 1.807) is 12.3 Å². The van der Waals surface area contributed by atoms with E-state index >= 15 is 0 Å². The van der Waals surface area contributed by atoms with Gasteiger partial charge in [-0.2, -0.15) is 0 Å². The Morgan fingerprint density at radius 1 is 1.08 bits per heavy atom. The van der Waals surface area contributed by atoms with Gasteiger partial charge in [-0.3, -0.25) is 9.98 Å². The molecule has 4 rings (SSSR count). The van der Waals surface area contributed by atoms with Crippen molar-refractivity contribution in [2.75, 3.05) is 6.54 Å². The highest BCUT2D eigenvalue weighted by molar-refractivity contribution is 6.15. The summed E-state index contributed by atoms with van der Waals surface area (Å²) in [6.45, 7) is 1.36. The van der Waals surface area contributed by atoms with Crippen molar-refractivity contribution in [2.45, 2.75) is 19.4 Å². The molecule has 0 aliphatic carbocycles. The van der Waals surface area contributed by atoms with Crippen LogP contribution in [-0.4, -0.2) is 21.8 Å². The minimum absolute atomic E-state index is 0.171. The molecule has 3 aromatic rings. The first kappa shape index (κ1) is 16.5. The SMILES string of the molecule is Fc1ccccc1Cn1cccc1/C=C1\CCCN=C1c1cccnc1. The van der Waals surface area contributed by atoms with Crippen molar-refractivity contribution in [2.24, 2.45) is 4.99 Å². The van der Waals surface area contributed by atoms with Crippen LogP contribution in [0, 0.1) is 5.82 Å². The summed E-state index contributed by atoms with van der Waals surface area (Å²) in [5, 5.41) is 0. The van der Waals surface area contributed by atoms with Gasteiger partial charge in [-0.15, -0.1) is 0 Å². The summed E-state index contributed by atoms with van der Waals surface area (Å²) < 4.78 is 16.1. The van der Waals surface area contributed by atoms with Gasteiger partial charge in [-0.25, -0.2) is 4.39 Å². The molecule has 0 saturated carbocycles. The fourth-order valence-electron chi connectivity index (χ4n) is 3.29. The summed E-state index contributed by atoms with van der Waals surface area (Å²) in [7, 11) is 0. The molecule has 0 amide bonds. The van der Waals surface area contributed by atoms with E-state index in [1.807, 2.05) is 42.7 Å². The van der Waals surface area contributed by atoms with Gasteiger partial charge >= 0.3 is 0 Å². The number of hydrogen-bond acceptors (Lipinski definition) is 2. The van der Waals surface area contributed by atoms with Crippen LogP contribution in [0.25, 0.3) is 6.08 Å². The molecule has 0 fully saturated rings. The van der Waals surface area contributed by atoms with E-state index in [9.17, 15) is 4.39 Å². The lowest BCUT2D eigenvalue weighted by Crippen LogP contribution is -2.12. The number of nitrogens with zero attached hydrogens (tertiary/aromatic N) is 3. The maximum atomic E-state index is 14.0. The van der Waals surface area contributed by atoms with Gasteiger partial charge in [-0.1, -0.05) is 18.2 Å². The summed E-state index contributed by atoms with van der Waals surface area (Å²) in [5.41, 5.74) is 5.02. The second kappa shape index (κ2) is 7.48. The zero-order valence-electron chi connectivity index (χ0n) is 14.5. The molecule has 2 aromatic heterocycles. The fraction of sp³-hybridized carbons (Fsp3) is 0.182. The van der Waals surface area contributed by atoms with Crippen LogP contribution in [0.4, 0.5) is 4.39 Å². The highest BCUT2D eigenvalue weighted by Gasteiger charge is 2.15. The number of pyridine rings is 1. The summed E-state index contributed by atoms with van der Waals surface area (Å²) in [6.07, 6.45) is 9.82. The smallest absolute Gasteiger partial charge is 0.128 e. The van der Waals surface area contributed by atoms with Gasteiger partial charge in [0, 0.05) is 42.0 Å². The molecule has 130 valence electrons. The van der Waals surface area contributed by atoms with Gasteiger partial charge in [0.2, 0.25) is 0 Å². The standard InChI is InChI=1S/C22H20FN3/c23-21-10-2-1-6-19(21)16-26-13-5-9-20(26)14-17-7-4-12-25-22(17)18-8-3-11-24-15-18/h1-3,5-6,8-11,13-15H,4,7,12,16H2/b17-14+. The zero-order valence-corrected chi connectivity index (χ0v) is 14.5. The second-order valence-electron chi connectivity index (χ2n) is 6.40. The molecule has 3 nitrogen and oxygen atoms in total. The maximum Gasteiger partial charge on any atom is 0.128 e. The molecule has 0 unspecified atom stereocenters. The van der Waals surface area contributed by atoms with Gasteiger partial charge in [-0.05, 0) is 54.8 Å². The highest BCUT2D eigenvalue weighted by Crippen LogP contribution is 2.22. The first-order chi connectivity index (χ1) is 12.8. The Balaban J connectivity index is 1.66. The second-order valence-corrected chi connectivity index (χ2v) is 6.40. The van der Waals surface area contributed by atoms with Gasteiger partial charge in [0.1, 0.15) is 5.82 Å². The normalized spacial score (nSPS) is 15.9. The van der Waals surface area contributed by atoms with E-state index in [2.05, 4.69) is 21.7 Å². The van der Waals surface area contributed by atoms with E-state index in [0.717, 1.165) is 36.4 Å². The van der Waals surface area contributed by atoms with E-state index in [0.29, 0.717) is 12.1 Å². The Morgan fingerprint density at radius 3 is 2.85 bits per heavy atom. The topological polar surface area (TPSA) is 30.2 Å². The van der Waals surface area contributed by atoms with Crippen LogP contribution in [0.15, 0.2) is 77.7 Å². The van der Waals surface area contributed by atoms with Crippen molar-refractivity contribution < 1.29 is 4.39 Å². The molecule has 1 aliphatic rings. The lowest BCUT2D eigenvalue weighted by Gasteiger charge is -2.17. The average molecular weight is 345 g/mol. The summed E-state index contributed by atoms with van der Waals surface area (Å²) in [5.74, 6) is -0.171. The first-order valence-electron chi connectivity index (χ1n) is 8.85. The van der Waals surface area contributed by atoms with Crippen LogP contribution < -0.4 is 0 Å². The van der Waals surface area contributed by atoms with Gasteiger partial charge in [0.25, 0.3) is 0 Å². The number of aromatic nitrogens is 2. The van der Waals surface area contributed by atoms with E-state index in [-0.39, 0.29) is 5.82 Å². The van der Waals surface area contributed by atoms with Gasteiger partial charge in [0.05, 0.1) is 12.3 Å². The molecule has 3 heterocycles. The Hall–Kier alpha value is -3.01. The number of halogens is 1. The lowest BCUT2D eigenvalue weighted by molar-refractivity contribution is 0.599. The predicted octanol–water partition coefficient (Wildman–Crippen LogP) is 4.74. The fourth-order valence-corrected chi connectivity index (χ4v) is 3.29. The third-order valence-corrected chi connectivity index (χ3v) is 4.60. The molecular weight excluding hydrogens is 325 g/mol. The molecule has 26 heavy (non-hydrogen) atoms. The first-order valence-corrected chi connectivity index (χ1v) is 8.85. The van der Waals surface area contributed by atoms with Crippen molar-refractivity contribution in [1.29, 1.82) is 0 Å². The number of benzene rings is 1. The summed E-state index contributed by atoms with van der Waals surface area (Å²) >= 11 is 0. The third kappa shape index (κ3) is 3.49. The average Bonchev–Trinajstić information content (AvgIpc) is 3.11. The van der Waals surface area contributed by atoms with E-state index < -0.39 is 0 Å². The van der Waals surface area contributed by atoms with Crippen molar-refractivity contribution >= 4 is 11.8 Å². The molecule has 0 bridgehead atoms. The van der Waals surface area contributed by atoms with E-state index in [4.69, 9.17) is 4.99 Å². The third-order valence-electron chi connectivity index (χ3n) is 4.60. The van der Waals surface area contributed by atoms with Crippen molar-refractivity contribution in [3.05, 3.63) is 95.3 Å². The molecular formula is C22H20FN3. The van der Waals surface area contributed by atoms with Crippen molar-refractivity contribution in [1.82, 2.24) is 9.55 Å². The van der Waals surface area contributed by atoms with Crippen molar-refractivity contribution in [3.8, 4) is 0 Å². The van der Waals surface area contributed by atoms with Crippen LogP contribution >= 0.6 is 0 Å². The molecule has 4 heteroatoms. The quantitative estimate of drug-likeness (QED) is 0.672. The molecule has 0 radical (unpaired) electrons. The van der Waals surface area contributed by atoms with Crippen LogP contribution in [-0.2, 0) is 6.54 Å². The van der Waals surface area contributed by atoms with Crippen molar-refractivity contribution in [3.63, 3.8) is 0 Å². The number of allylic oxidation sites excluding steroid dienone is 1. The molecule has 1 aromatic carbocycles.